The molecule has 1 aromatic carbocycles. The highest BCUT2D eigenvalue weighted by atomic mass is 32.2. The molecule has 7 heteroatoms. The van der Waals surface area contributed by atoms with Gasteiger partial charge in [0.2, 0.25) is 10.0 Å². The molecule has 0 heterocycles. The third-order valence-corrected chi connectivity index (χ3v) is 6.53. The van der Waals surface area contributed by atoms with Gasteiger partial charge in [-0.25, -0.2) is 13.1 Å². The van der Waals surface area contributed by atoms with Crippen LogP contribution in [0.25, 0.3) is 0 Å². The largest absolute Gasteiger partial charge is 0.289 e. The van der Waals surface area contributed by atoms with Crippen molar-refractivity contribution in [2.75, 3.05) is 6.54 Å². The first-order chi connectivity index (χ1) is 15.0. The van der Waals surface area contributed by atoms with E-state index >= 15 is 0 Å². The number of nitrogens with zero attached hydrogens (tertiary/aromatic N) is 1. The fourth-order valence-corrected chi connectivity index (χ4v) is 4.48. The molecule has 0 atom stereocenters. The van der Waals surface area contributed by atoms with E-state index in [0.717, 1.165) is 38.5 Å². The van der Waals surface area contributed by atoms with E-state index in [1.807, 2.05) is 0 Å². The summed E-state index contributed by atoms with van der Waals surface area (Å²) in [6.07, 6.45) is 22.5. The zero-order valence-corrected chi connectivity index (χ0v) is 19.6. The van der Waals surface area contributed by atoms with Crippen LogP contribution in [0, 0.1) is 10.1 Å². The molecule has 1 N–H and O–H groups in total. The highest BCUT2D eigenvalue weighted by Gasteiger charge is 2.24. The lowest BCUT2D eigenvalue weighted by Gasteiger charge is -2.07. The van der Waals surface area contributed by atoms with Crippen LogP contribution in [0.15, 0.2) is 53.5 Å². The van der Waals surface area contributed by atoms with Gasteiger partial charge in [0.05, 0.1) is 4.92 Å². The van der Waals surface area contributed by atoms with Gasteiger partial charge in [-0.2, -0.15) is 0 Å². The van der Waals surface area contributed by atoms with E-state index in [9.17, 15) is 18.5 Å². The lowest BCUT2D eigenvalue weighted by Crippen LogP contribution is -2.25. The van der Waals surface area contributed by atoms with E-state index < -0.39 is 20.6 Å². The molecule has 0 aliphatic carbocycles. The molecule has 174 valence electrons. The summed E-state index contributed by atoms with van der Waals surface area (Å²) in [6, 6.07) is 5.41. The number of nitro benzene ring substituents is 1. The fourth-order valence-electron chi connectivity index (χ4n) is 3.23. The van der Waals surface area contributed by atoms with Crippen LogP contribution in [-0.4, -0.2) is 19.9 Å². The molecular weight excluding hydrogens is 412 g/mol. The number of para-hydroxylation sites is 1. The molecule has 0 aliphatic heterocycles. The lowest BCUT2D eigenvalue weighted by molar-refractivity contribution is -0.387. The van der Waals surface area contributed by atoms with E-state index in [1.54, 1.807) is 0 Å². The maximum absolute atomic E-state index is 12.3. The van der Waals surface area contributed by atoms with Gasteiger partial charge in [-0.15, -0.1) is 0 Å². The Bertz CT molecular complexity index is 789. The van der Waals surface area contributed by atoms with Gasteiger partial charge in [0.15, 0.2) is 4.90 Å². The van der Waals surface area contributed by atoms with Crippen LogP contribution in [0.3, 0.4) is 0 Å². The van der Waals surface area contributed by atoms with Gasteiger partial charge in [0.1, 0.15) is 0 Å². The summed E-state index contributed by atoms with van der Waals surface area (Å²) < 4.78 is 27.1. The average Bonchev–Trinajstić information content (AvgIpc) is 2.76. The Morgan fingerprint density at radius 3 is 2.10 bits per heavy atom. The van der Waals surface area contributed by atoms with Crippen LogP contribution in [0.4, 0.5) is 5.69 Å². The van der Waals surface area contributed by atoms with E-state index in [2.05, 4.69) is 35.9 Å². The molecule has 0 aromatic heterocycles. The number of nitro groups is 1. The smallest absolute Gasteiger partial charge is 0.258 e. The van der Waals surface area contributed by atoms with Gasteiger partial charge in [0.25, 0.3) is 5.69 Å². The molecule has 0 aliphatic rings. The number of benzene rings is 1. The fraction of sp³-hybridized carbons (Fsp3) is 0.583. The van der Waals surface area contributed by atoms with Gasteiger partial charge < -0.3 is 0 Å². The van der Waals surface area contributed by atoms with Gasteiger partial charge in [-0.3, -0.25) is 10.1 Å². The number of unbranched alkanes of at least 4 members (excludes halogenated alkanes) is 9. The molecule has 1 rings (SSSR count). The quantitative estimate of drug-likeness (QED) is 0.117. The summed E-state index contributed by atoms with van der Waals surface area (Å²) in [5.41, 5.74) is -0.396. The molecule has 31 heavy (non-hydrogen) atoms. The van der Waals surface area contributed by atoms with Crippen molar-refractivity contribution < 1.29 is 13.3 Å². The monoisotopic (exact) mass is 450 g/mol. The normalized spacial score (nSPS) is 12.2. The average molecular weight is 451 g/mol. The molecule has 0 fully saturated rings. The Morgan fingerprint density at radius 1 is 0.871 bits per heavy atom. The second-order valence-corrected chi connectivity index (χ2v) is 9.44. The summed E-state index contributed by atoms with van der Waals surface area (Å²) in [5, 5.41) is 11.0. The van der Waals surface area contributed by atoms with Gasteiger partial charge in [-0.1, -0.05) is 81.9 Å². The number of allylic oxidation sites excluding steroid dienone is 4. The van der Waals surface area contributed by atoms with Crippen molar-refractivity contribution in [3.8, 4) is 0 Å². The number of sulfonamides is 1. The minimum Gasteiger partial charge on any atom is -0.258 e. The maximum atomic E-state index is 12.3. The van der Waals surface area contributed by atoms with Crippen molar-refractivity contribution in [1.82, 2.24) is 4.72 Å². The predicted octanol–water partition coefficient (Wildman–Crippen LogP) is 6.69. The van der Waals surface area contributed by atoms with E-state index in [1.165, 1.54) is 62.8 Å². The van der Waals surface area contributed by atoms with Gasteiger partial charge in [-0.05, 0) is 44.6 Å². The maximum Gasteiger partial charge on any atom is 0.289 e. The molecular formula is C24H38N2O4S. The highest BCUT2D eigenvalue weighted by Crippen LogP contribution is 2.22. The molecule has 0 saturated carbocycles. The zero-order valence-electron chi connectivity index (χ0n) is 18.8. The van der Waals surface area contributed by atoms with Crippen LogP contribution in [0.1, 0.15) is 84.0 Å². The minimum atomic E-state index is -3.86. The number of hydrogen-bond donors (Lipinski definition) is 1. The third-order valence-electron chi connectivity index (χ3n) is 5.02. The van der Waals surface area contributed by atoms with Crippen molar-refractivity contribution in [3.63, 3.8) is 0 Å². The molecule has 0 amide bonds. The molecule has 0 bridgehead atoms. The number of nitrogens with one attached hydrogen (secondary N) is 1. The molecule has 0 saturated heterocycles. The van der Waals surface area contributed by atoms with E-state index in [-0.39, 0.29) is 4.90 Å². The van der Waals surface area contributed by atoms with Crippen molar-refractivity contribution in [3.05, 3.63) is 58.7 Å². The zero-order chi connectivity index (χ0) is 22.8. The Balaban J connectivity index is 2.06. The Labute approximate surface area is 188 Å². The van der Waals surface area contributed by atoms with Crippen LogP contribution in [0.2, 0.25) is 0 Å². The summed E-state index contributed by atoms with van der Waals surface area (Å²) in [5.74, 6) is 0. The molecule has 0 unspecified atom stereocenters. The second-order valence-electron chi connectivity index (χ2n) is 7.71. The standard InChI is InChI=1S/C24H38N2O4S/c1-2-3-4-5-6-7-8-9-10-11-12-13-14-15-16-19-22-25-31(29,30)24-21-18-17-20-23(24)26(27)28/h6-7,9-10,17-18,20-21,25H,2-5,8,11-16,19,22H2,1H3. The van der Waals surface area contributed by atoms with Crippen LogP contribution >= 0.6 is 0 Å². The van der Waals surface area contributed by atoms with Crippen molar-refractivity contribution in [2.45, 2.75) is 88.9 Å². The SMILES string of the molecule is CCCCCC=CCC=CCCCCCCCCNS(=O)(=O)c1ccccc1[N+](=O)[O-]. The first-order valence-electron chi connectivity index (χ1n) is 11.5. The van der Waals surface area contributed by atoms with E-state index in [4.69, 9.17) is 0 Å². The van der Waals surface area contributed by atoms with Crippen LogP contribution < -0.4 is 4.72 Å². The van der Waals surface area contributed by atoms with Crippen molar-refractivity contribution in [2.24, 2.45) is 0 Å². The number of rotatable bonds is 18. The molecule has 0 spiro atoms. The topological polar surface area (TPSA) is 89.3 Å². The van der Waals surface area contributed by atoms with Crippen molar-refractivity contribution >= 4 is 15.7 Å². The van der Waals surface area contributed by atoms with Gasteiger partial charge in [0, 0.05) is 12.6 Å². The number of hydrogen-bond acceptors (Lipinski definition) is 4. The van der Waals surface area contributed by atoms with Gasteiger partial charge >= 0.3 is 0 Å². The summed E-state index contributed by atoms with van der Waals surface area (Å²) >= 11 is 0. The third kappa shape index (κ3) is 12.5. The summed E-state index contributed by atoms with van der Waals surface area (Å²) in [7, 11) is -3.86. The van der Waals surface area contributed by atoms with E-state index in [0.29, 0.717) is 6.54 Å². The molecule has 1 aromatic rings. The Morgan fingerprint density at radius 2 is 1.45 bits per heavy atom. The Kier molecular flexibility index (Phi) is 14.5. The first kappa shape index (κ1) is 27.0. The van der Waals surface area contributed by atoms with Crippen LogP contribution in [0.5, 0.6) is 0 Å². The predicted molar refractivity (Wildman–Crippen MR) is 128 cm³/mol. The summed E-state index contributed by atoms with van der Waals surface area (Å²) in [4.78, 5) is 10.1. The lowest BCUT2D eigenvalue weighted by atomic mass is 10.1. The molecule has 0 radical (unpaired) electrons. The minimum absolute atomic E-state index is 0.278. The molecule has 6 nitrogen and oxygen atoms in total. The highest BCUT2D eigenvalue weighted by molar-refractivity contribution is 7.89. The second kappa shape index (κ2) is 16.7. The van der Waals surface area contributed by atoms with Crippen molar-refractivity contribution in [1.29, 1.82) is 0 Å². The summed E-state index contributed by atoms with van der Waals surface area (Å²) in [6.45, 7) is 2.52. The first-order valence-corrected chi connectivity index (χ1v) is 13.0. The Hall–Kier alpha value is -1.99. The van der Waals surface area contributed by atoms with Crippen LogP contribution in [-0.2, 0) is 10.0 Å².